The molecule has 0 bridgehead atoms. The zero-order valence-corrected chi connectivity index (χ0v) is 18.9. The SMILES string of the molecule is CCc1ccc(OCC(O)Cn2c(NN=Cc3ccccc3)nc3c2c(=O)[nH]c(=O)n3C)cc1. The molecular weight excluding hydrogens is 436 g/mol. The highest BCUT2D eigenvalue weighted by Crippen LogP contribution is 2.17. The number of aliphatic hydroxyl groups is 1. The fraction of sp³-hybridized carbons (Fsp3) is 0.250. The molecule has 0 saturated carbocycles. The van der Waals surface area contributed by atoms with Gasteiger partial charge in [-0.05, 0) is 29.7 Å². The van der Waals surface area contributed by atoms with E-state index >= 15 is 0 Å². The molecule has 2 aromatic heterocycles. The number of nitrogens with zero attached hydrogens (tertiary/aromatic N) is 4. The second kappa shape index (κ2) is 10.2. The summed E-state index contributed by atoms with van der Waals surface area (Å²) in [6.07, 6.45) is 1.57. The Labute approximate surface area is 195 Å². The quantitative estimate of drug-likeness (QED) is 0.258. The van der Waals surface area contributed by atoms with E-state index in [4.69, 9.17) is 4.74 Å². The van der Waals surface area contributed by atoms with Crippen LogP contribution in [0, 0.1) is 0 Å². The van der Waals surface area contributed by atoms with Crippen molar-refractivity contribution in [2.45, 2.75) is 26.0 Å². The molecule has 10 heteroatoms. The summed E-state index contributed by atoms with van der Waals surface area (Å²) in [6, 6.07) is 17.1. The highest BCUT2D eigenvalue weighted by atomic mass is 16.5. The molecule has 0 aliphatic heterocycles. The summed E-state index contributed by atoms with van der Waals surface area (Å²) >= 11 is 0. The van der Waals surface area contributed by atoms with E-state index in [1.165, 1.54) is 21.7 Å². The van der Waals surface area contributed by atoms with Crippen molar-refractivity contribution in [3.63, 3.8) is 0 Å². The average Bonchev–Trinajstić information content (AvgIpc) is 3.21. The Hall–Kier alpha value is -4.18. The molecule has 0 aliphatic carbocycles. The van der Waals surface area contributed by atoms with Crippen LogP contribution in [0.25, 0.3) is 11.2 Å². The molecule has 1 atom stereocenters. The Bertz CT molecular complexity index is 1400. The molecule has 3 N–H and O–H groups in total. The Morgan fingerprint density at radius 3 is 2.62 bits per heavy atom. The summed E-state index contributed by atoms with van der Waals surface area (Å²) in [5.41, 5.74) is 4.01. The Morgan fingerprint density at radius 1 is 1.18 bits per heavy atom. The van der Waals surface area contributed by atoms with E-state index in [2.05, 4.69) is 27.4 Å². The number of hydrogen-bond donors (Lipinski definition) is 3. The van der Waals surface area contributed by atoms with Gasteiger partial charge in [0.05, 0.1) is 12.8 Å². The normalized spacial score (nSPS) is 12.3. The van der Waals surface area contributed by atoms with E-state index < -0.39 is 17.4 Å². The van der Waals surface area contributed by atoms with Gasteiger partial charge in [0.1, 0.15) is 18.5 Å². The molecule has 0 aliphatic rings. The first-order valence-corrected chi connectivity index (χ1v) is 10.9. The number of imidazole rings is 1. The van der Waals surface area contributed by atoms with Crippen LogP contribution in [0.15, 0.2) is 69.3 Å². The van der Waals surface area contributed by atoms with Gasteiger partial charge in [-0.2, -0.15) is 10.1 Å². The van der Waals surface area contributed by atoms with Crippen molar-refractivity contribution in [2.75, 3.05) is 12.0 Å². The summed E-state index contributed by atoms with van der Waals surface area (Å²) in [6.45, 7) is 2.07. The van der Waals surface area contributed by atoms with Gasteiger partial charge < -0.3 is 14.4 Å². The monoisotopic (exact) mass is 462 g/mol. The van der Waals surface area contributed by atoms with Crippen molar-refractivity contribution in [2.24, 2.45) is 12.1 Å². The Balaban J connectivity index is 1.59. The minimum Gasteiger partial charge on any atom is -0.491 e. The predicted molar refractivity (Wildman–Crippen MR) is 131 cm³/mol. The maximum atomic E-state index is 12.6. The first-order valence-electron chi connectivity index (χ1n) is 10.9. The maximum Gasteiger partial charge on any atom is 0.329 e. The number of rotatable bonds is 9. The number of nitrogens with one attached hydrogen (secondary N) is 2. The molecule has 2 heterocycles. The average molecular weight is 463 g/mol. The van der Waals surface area contributed by atoms with E-state index in [9.17, 15) is 14.7 Å². The molecule has 34 heavy (non-hydrogen) atoms. The molecule has 2 aromatic carbocycles. The zero-order valence-electron chi connectivity index (χ0n) is 18.9. The highest BCUT2D eigenvalue weighted by Gasteiger charge is 2.20. The molecule has 4 aromatic rings. The summed E-state index contributed by atoms with van der Waals surface area (Å²) in [5, 5.41) is 14.9. The largest absolute Gasteiger partial charge is 0.491 e. The number of aliphatic hydroxyl groups excluding tert-OH is 1. The maximum absolute atomic E-state index is 12.6. The number of anilines is 1. The number of aryl methyl sites for hydroxylation is 2. The number of aromatic amines is 1. The van der Waals surface area contributed by atoms with Crippen molar-refractivity contribution in [3.8, 4) is 5.75 Å². The van der Waals surface area contributed by atoms with Gasteiger partial charge in [0.15, 0.2) is 11.2 Å². The van der Waals surface area contributed by atoms with Crippen LogP contribution in [0.3, 0.4) is 0 Å². The molecule has 176 valence electrons. The molecule has 0 fully saturated rings. The summed E-state index contributed by atoms with van der Waals surface area (Å²) in [4.78, 5) is 31.3. The van der Waals surface area contributed by atoms with Crippen LogP contribution in [0.1, 0.15) is 18.1 Å². The van der Waals surface area contributed by atoms with Crippen LogP contribution in [0.2, 0.25) is 0 Å². The predicted octanol–water partition coefficient (Wildman–Crippen LogP) is 1.87. The number of benzene rings is 2. The molecule has 0 saturated heterocycles. The first-order chi connectivity index (χ1) is 16.5. The van der Waals surface area contributed by atoms with E-state index in [1.807, 2.05) is 54.6 Å². The van der Waals surface area contributed by atoms with Gasteiger partial charge in [0.25, 0.3) is 5.56 Å². The fourth-order valence-corrected chi connectivity index (χ4v) is 3.48. The number of H-pyrrole nitrogens is 1. The van der Waals surface area contributed by atoms with E-state index in [-0.39, 0.29) is 30.3 Å². The lowest BCUT2D eigenvalue weighted by Gasteiger charge is -2.15. The zero-order chi connectivity index (χ0) is 24.1. The molecule has 0 radical (unpaired) electrons. The van der Waals surface area contributed by atoms with Crippen LogP contribution in [0.5, 0.6) is 5.75 Å². The second-order valence-corrected chi connectivity index (χ2v) is 7.78. The van der Waals surface area contributed by atoms with Crippen LogP contribution >= 0.6 is 0 Å². The Kier molecular flexibility index (Phi) is 6.88. The van der Waals surface area contributed by atoms with Gasteiger partial charge in [0.2, 0.25) is 5.95 Å². The molecule has 4 rings (SSSR count). The van der Waals surface area contributed by atoms with Gasteiger partial charge in [0, 0.05) is 7.05 Å². The number of fused-ring (bicyclic) bond motifs is 1. The highest BCUT2D eigenvalue weighted by molar-refractivity contribution is 5.80. The lowest BCUT2D eigenvalue weighted by atomic mass is 10.2. The second-order valence-electron chi connectivity index (χ2n) is 7.78. The first kappa shape index (κ1) is 23.0. The topological polar surface area (TPSA) is 127 Å². The molecule has 1 unspecified atom stereocenters. The number of hydrazone groups is 1. The molecule has 0 amide bonds. The summed E-state index contributed by atoms with van der Waals surface area (Å²) in [5.74, 6) is 0.845. The molecule has 10 nitrogen and oxygen atoms in total. The smallest absolute Gasteiger partial charge is 0.329 e. The fourth-order valence-electron chi connectivity index (χ4n) is 3.48. The van der Waals surface area contributed by atoms with Crippen LogP contribution < -0.4 is 21.4 Å². The Morgan fingerprint density at radius 2 is 1.91 bits per heavy atom. The van der Waals surface area contributed by atoms with E-state index in [1.54, 1.807) is 6.21 Å². The standard InChI is InChI=1S/C24H26N6O4/c1-3-16-9-11-19(12-10-16)34-15-18(31)14-30-20-21(29(2)24(33)27-22(20)32)26-23(30)28-25-13-17-7-5-4-6-8-17/h4-13,18,31H,3,14-15H2,1-2H3,(H,26,28)(H,27,32,33). The number of ether oxygens (including phenoxy) is 1. The number of aromatic nitrogens is 4. The number of hydrogen-bond acceptors (Lipinski definition) is 7. The lowest BCUT2D eigenvalue weighted by Crippen LogP contribution is -2.30. The van der Waals surface area contributed by atoms with Crippen LogP contribution in [0.4, 0.5) is 5.95 Å². The van der Waals surface area contributed by atoms with E-state index in [0.29, 0.717) is 5.75 Å². The van der Waals surface area contributed by atoms with Gasteiger partial charge >= 0.3 is 5.69 Å². The third-order valence-electron chi connectivity index (χ3n) is 5.35. The van der Waals surface area contributed by atoms with Gasteiger partial charge in [-0.1, -0.05) is 49.4 Å². The summed E-state index contributed by atoms with van der Waals surface area (Å²) < 4.78 is 8.43. The lowest BCUT2D eigenvalue weighted by molar-refractivity contribution is 0.0938. The molecule has 0 spiro atoms. The van der Waals surface area contributed by atoms with Gasteiger partial charge in [-0.3, -0.25) is 14.3 Å². The summed E-state index contributed by atoms with van der Waals surface area (Å²) in [7, 11) is 1.51. The molecular formula is C24H26N6O4. The minimum atomic E-state index is -0.960. The van der Waals surface area contributed by atoms with Crippen molar-refractivity contribution in [3.05, 3.63) is 86.6 Å². The van der Waals surface area contributed by atoms with E-state index in [0.717, 1.165) is 12.0 Å². The van der Waals surface area contributed by atoms with Crippen molar-refractivity contribution >= 4 is 23.3 Å². The van der Waals surface area contributed by atoms with Crippen LogP contribution in [-0.4, -0.2) is 43.1 Å². The van der Waals surface area contributed by atoms with Crippen molar-refractivity contribution < 1.29 is 9.84 Å². The van der Waals surface area contributed by atoms with Crippen molar-refractivity contribution in [1.82, 2.24) is 19.1 Å². The minimum absolute atomic E-state index is 0.00152. The van der Waals surface area contributed by atoms with Crippen LogP contribution in [-0.2, 0) is 20.0 Å². The van der Waals surface area contributed by atoms with Gasteiger partial charge in [-0.25, -0.2) is 10.2 Å². The van der Waals surface area contributed by atoms with Gasteiger partial charge in [-0.15, -0.1) is 0 Å². The third-order valence-corrected chi connectivity index (χ3v) is 5.35. The third kappa shape index (κ3) is 5.07. The van der Waals surface area contributed by atoms with Crippen molar-refractivity contribution in [1.29, 1.82) is 0 Å².